The molecule has 0 spiro atoms. The Hall–Kier alpha value is -1.62. The number of rotatable bonds is 1. The Morgan fingerprint density at radius 3 is 2.38 bits per heavy atom. The highest BCUT2D eigenvalue weighted by molar-refractivity contribution is 5.74. The molecule has 1 aromatic carbocycles. The van der Waals surface area contributed by atoms with Crippen LogP contribution >= 0.6 is 0 Å². The number of fused-ring (bicyclic) bond motifs is 3. The van der Waals surface area contributed by atoms with Crippen molar-refractivity contribution in [3.8, 4) is 0 Å². The van der Waals surface area contributed by atoms with Gasteiger partial charge in [0.15, 0.2) is 0 Å². The van der Waals surface area contributed by atoms with E-state index in [1.165, 1.54) is 12.8 Å². The summed E-state index contributed by atoms with van der Waals surface area (Å²) >= 11 is 0. The monoisotopic (exact) mass is 285 g/mol. The van der Waals surface area contributed by atoms with Crippen molar-refractivity contribution in [2.24, 2.45) is 0 Å². The Balaban J connectivity index is 1.65. The van der Waals surface area contributed by atoms with Gasteiger partial charge in [0, 0.05) is 17.6 Å². The van der Waals surface area contributed by atoms with E-state index in [1.54, 1.807) is 0 Å². The average molecular weight is 285 g/mol. The Labute approximate surface area is 125 Å². The highest BCUT2D eigenvalue weighted by atomic mass is 15.7. The van der Waals surface area contributed by atoms with Crippen molar-refractivity contribution in [3.05, 3.63) is 24.3 Å². The van der Waals surface area contributed by atoms with E-state index >= 15 is 0 Å². The summed E-state index contributed by atoms with van der Waals surface area (Å²) in [4.78, 5) is 4.73. The molecular weight excluding hydrogens is 262 g/mol. The highest BCUT2D eigenvalue weighted by Crippen LogP contribution is 2.35. The maximum atomic E-state index is 4.38. The van der Waals surface area contributed by atoms with Gasteiger partial charge in [-0.1, -0.05) is 12.1 Å². The molecular formula is C16H23N5. The molecule has 5 nitrogen and oxygen atoms in total. The third-order valence-corrected chi connectivity index (χ3v) is 4.84. The second kappa shape index (κ2) is 4.44. The second-order valence-electron chi connectivity index (χ2n) is 7.30. The lowest BCUT2D eigenvalue weighted by Crippen LogP contribution is -2.62. The van der Waals surface area contributed by atoms with Gasteiger partial charge in [-0.2, -0.15) is 4.79 Å². The molecule has 2 unspecified atom stereocenters. The lowest BCUT2D eigenvalue weighted by molar-refractivity contribution is 0.0549. The molecule has 2 atom stereocenters. The standard InChI is InChI=1S/C16H23N5/c1-16(2,3)20-12-8-9-13(20)11-19(10-12)21-15-7-5-4-6-14(15)17-18-21/h4-7,12-13H,8-11H2,1-3H3. The molecule has 0 amide bonds. The number of hydrogen-bond acceptors (Lipinski definition) is 4. The first-order chi connectivity index (χ1) is 10.0. The maximum absolute atomic E-state index is 4.38. The first-order valence-electron chi connectivity index (χ1n) is 7.88. The summed E-state index contributed by atoms with van der Waals surface area (Å²) in [6, 6.07) is 9.47. The molecule has 0 N–H and O–H groups in total. The van der Waals surface area contributed by atoms with Crippen molar-refractivity contribution in [2.45, 2.75) is 51.2 Å². The van der Waals surface area contributed by atoms with Crippen LogP contribution in [-0.2, 0) is 0 Å². The van der Waals surface area contributed by atoms with Gasteiger partial charge in [0.05, 0.1) is 13.1 Å². The summed E-state index contributed by atoms with van der Waals surface area (Å²) in [5.41, 5.74) is 2.34. The predicted octanol–water partition coefficient (Wildman–Crippen LogP) is 2.01. The quantitative estimate of drug-likeness (QED) is 0.803. The number of benzene rings is 1. The SMILES string of the molecule is CC(C)(C)N1C2CCC1CN(n1nnc3ccccc31)C2. The molecule has 2 aliphatic rings. The van der Waals surface area contributed by atoms with E-state index in [1.807, 2.05) is 16.9 Å². The third kappa shape index (κ3) is 2.02. The minimum Gasteiger partial charge on any atom is -0.292 e. The van der Waals surface area contributed by atoms with Crippen molar-refractivity contribution in [3.63, 3.8) is 0 Å². The zero-order chi connectivity index (χ0) is 14.6. The van der Waals surface area contributed by atoms with Gasteiger partial charge in [-0.15, -0.1) is 5.10 Å². The molecule has 0 radical (unpaired) electrons. The molecule has 2 fully saturated rings. The molecule has 5 heteroatoms. The van der Waals surface area contributed by atoms with Crippen LogP contribution in [0.15, 0.2) is 24.3 Å². The van der Waals surface area contributed by atoms with Crippen LogP contribution in [0.4, 0.5) is 0 Å². The van der Waals surface area contributed by atoms with E-state index in [2.05, 4.69) is 53.1 Å². The van der Waals surface area contributed by atoms with Gasteiger partial charge in [0.2, 0.25) is 0 Å². The van der Waals surface area contributed by atoms with Crippen molar-refractivity contribution < 1.29 is 0 Å². The fourth-order valence-electron chi connectivity index (χ4n) is 4.20. The summed E-state index contributed by atoms with van der Waals surface area (Å²) in [5, 5.41) is 11.0. The van der Waals surface area contributed by atoms with Crippen molar-refractivity contribution >= 4 is 11.0 Å². The van der Waals surface area contributed by atoms with Gasteiger partial charge in [0.1, 0.15) is 11.0 Å². The van der Waals surface area contributed by atoms with E-state index in [0.29, 0.717) is 12.1 Å². The smallest absolute Gasteiger partial charge is 0.115 e. The normalized spacial score (nSPS) is 26.7. The molecule has 21 heavy (non-hydrogen) atoms. The molecule has 2 aliphatic heterocycles. The summed E-state index contributed by atoms with van der Waals surface area (Å²) in [6.07, 6.45) is 2.59. The van der Waals surface area contributed by atoms with Gasteiger partial charge in [-0.05, 0) is 51.0 Å². The lowest BCUT2D eigenvalue weighted by atomic mass is 10.0. The van der Waals surface area contributed by atoms with Crippen LogP contribution in [0, 0.1) is 0 Å². The van der Waals surface area contributed by atoms with Crippen LogP contribution in [0.1, 0.15) is 33.6 Å². The van der Waals surface area contributed by atoms with Crippen molar-refractivity contribution in [2.75, 3.05) is 18.1 Å². The van der Waals surface area contributed by atoms with E-state index in [9.17, 15) is 0 Å². The first-order valence-corrected chi connectivity index (χ1v) is 7.88. The fraction of sp³-hybridized carbons (Fsp3) is 0.625. The lowest BCUT2D eigenvalue weighted by Gasteiger charge is -2.48. The van der Waals surface area contributed by atoms with Gasteiger partial charge in [-0.3, -0.25) is 9.91 Å². The maximum Gasteiger partial charge on any atom is 0.115 e. The second-order valence-corrected chi connectivity index (χ2v) is 7.30. The summed E-state index contributed by atoms with van der Waals surface area (Å²) in [6.45, 7) is 9.08. The topological polar surface area (TPSA) is 37.2 Å². The van der Waals surface area contributed by atoms with E-state index in [0.717, 1.165) is 24.1 Å². The highest BCUT2D eigenvalue weighted by Gasteiger charge is 2.45. The van der Waals surface area contributed by atoms with Gasteiger partial charge in [0.25, 0.3) is 0 Å². The van der Waals surface area contributed by atoms with Gasteiger partial charge < -0.3 is 0 Å². The molecule has 2 bridgehead atoms. The molecule has 0 aliphatic carbocycles. The average Bonchev–Trinajstić information content (AvgIpc) is 2.98. The van der Waals surface area contributed by atoms with E-state index in [-0.39, 0.29) is 5.54 Å². The summed E-state index contributed by atoms with van der Waals surface area (Å²) < 4.78 is 0. The van der Waals surface area contributed by atoms with E-state index < -0.39 is 0 Å². The third-order valence-electron chi connectivity index (χ3n) is 4.84. The van der Waals surface area contributed by atoms with Crippen LogP contribution in [0.2, 0.25) is 0 Å². The number of nitrogens with zero attached hydrogens (tertiary/aromatic N) is 5. The zero-order valence-corrected chi connectivity index (χ0v) is 13.0. The number of aromatic nitrogens is 3. The largest absolute Gasteiger partial charge is 0.292 e. The minimum absolute atomic E-state index is 0.252. The molecule has 0 saturated carbocycles. The zero-order valence-electron chi connectivity index (χ0n) is 13.0. The van der Waals surface area contributed by atoms with Crippen LogP contribution < -0.4 is 5.01 Å². The van der Waals surface area contributed by atoms with Crippen LogP contribution in [0.25, 0.3) is 11.0 Å². The van der Waals surface area contributed by atoms with Gasteiger partial charge in [-0.25, -0.2) is 0 Å². The first kappa shape index (κ1) is 13.1. The Kier molecular flexibility index (Phi) is 2.76. The van der Waals surface area contributed by atoms with Crippen LogP contribution in [0.3, 0.4) is 0 Å². The van der Waals surface area contributed by atoms with Crippen molar-refractivity contribution in [1.82, 2.24) is 20.0 Å². The number of piperazine rings is 1. The Bertz CT molecular complexity index is 642. The summed E-state index contributed by atoms with van der Waals surface area (Å²) in [7, 11) is 0. The minimum atomic E-state index is 0.252. The number of para-hydroxylation sites is 1. The van der Waals surface area contributed by atoms with E-state index in [4.69, 9.17) is 0 Å². The van der Waals surface area contributed by atoms with Gasteiger partial charge >= 0.3 is 0 Å². The van der Waals surface area contributed by atoms with Crippen molar-refractivity contribution in [1.29, 1.82) is 0 Å². The Morgan fingerprint density at radius 1 is 1.05 bits per heavy atom. The molecule has 1 aromatic heterocycles. The summed E-state index contributed by atoms with van der Waals surface area (Å²) in [5.74, 6) is 0. The van der Waals surface area contributed by atoms with Crippen LogP contribution in [-0.4, -0.2) is 50.7 Å². The Morgan fingerprint density at radius 2 is 1.71 bits per heavy atom. The van der Waals surface area contributed by atoms with Crippen LogP contribution in [0.5, 0.6) is 0 Å². The molecule has 3 heterocycles. The molecule has 112 valence electrons. The predicted molar refractivity (Wildman–Crippen MR) is 83.9 cm³/mol. The number of hydrogen-bond donors (Lipinski definition) is 0. The molecule has 2 aromatic rings. The fourth-order valence-corrected chi connectivity index (χ4v) is 4.20. The molecule has 4 rings (SSSR count). The molecule has 2 saturated heterocycles.